The molecule has 4 nitrogen and oxygen atoms in total. The molecule has 0 bridgehead atoms. The molecule has 2 aromatic rings. The highest BCUT2D eigenvalue weighted by Gasteiger charge is 2.16. The molecule has 0 aliphatic heterocycles. The second-order valence-electron chi connectivity index (χ2n) is 3.91. The van der Waals surface area contributed by atoms with E-state index in [0.29, 0.717) is 11.6 Å². The lowest BCUT2D eigenvalue weighted by molar-refractivity contribution is 0.171. The van der Waals surface area contributed by atoms with Gasteiger partial charge in [-0.05, 0) is 12.1 Å². The normalized spacial score (nSPS) is 12.2. The number of halogens is 2. The predicted molar refractivity (Wildman–Crippen MR) is 68.7 cm³/mol. The van der Waals surface area contributed by atoms with E-state index in [0.717, 1.165) is 0 Å². The van der Waals surface area contributed by atoms with E-state index < -0.39 is 11.9 Å². The standard InChI is InChI=1S/C13H12ClFN2O2/c1-19-13-6-11(16-7-17-13)12(18)5-8-9(14)3-2-4-10(8)15/h2-4,6-7,12,18H,5H2,1H3. The first kappa shape index (κ1) is 13.7. The highest BCUT2D eigenvalue weighted by molar-refractivity contribution is 6.31. The van der Waals surface area contributed by atoms with Crippen molar-refractivity contribution in [1.82, 2.24) is 9.97 Å². The molecule has 0 aliphatic rings. The van der Waals surface area contributed by atoms with Gasteiger partial charge >= 0.3 is 0 Å². The number of ether oxygens (including phenoxy) is 1. The Bertz CT molecular complexity index is 560. The van der Waals surface area contributed by atoms with Crippen LogP contribution in [0, 0.1) is 5.82 Å². The van der Waals surface area contributed by atoms with Crippen LogP contribution in [0.3, 0.4) is 0 Å². The van der Waals surface area contributed by atoms with Gasteiger partial charge < -0.3 is 9.84 Å². The summed E-state index contributed by atoms with van der Waals surface area (Å²) in [6.07, 6.45) is 0.331. The number of nitrogens with zero attached hydrogens (tertiary/aromatic N) is 2. The van der Waals surface area contributed by atoms with Crippen molar-refractivity contribution in [3.8, 4) is 5.88 Å². The largest absolute Gasteiger partial charge is 0.481 e. The molecule has 0 fully saturated rings. The number of hydrogen-bond donors (Lipinski definition) is 1. The Balaban J connectivity index is 2.23. The molecule has 2 rings (SSSR count). The molecule has 1 N–H and O–H groups in total. The Hall–Kier alpha value is -1.72. The van der Waals surface area contributed by atoms with Crippen LogP contribution in [0.2, 0.25) is 5.02 Å². The van der Waals surface area contributed by atoms with Gasteiger partial charge in [0.2, 0.25) is 5.88 Å². The SMILES string of the molecule is COc1cc(C(O)Cc2c(F)cccc2Cl)ncn1. The van der Waals surface area contributed by atoms with E-state index in [1.165, 1.54) is 31.6 Å². The first-order valence-corrected chi connectivity index (χ1v) is 5.96. The minimum absolute atomic E-state index is 0.0334. The molecule has 1 aromatic carbocycles. The molecule has 0 radical (unpaired) electrons. The third kappa shape index (κ3) is 3.19. The average Bonchev–Trinajstić information content (AvgIpc) is 2.43. The van der Waals surface area contributed by atoms with Crippen LogP contribution >= 0.6 is 11.6 Å². The van der Waals surface area contributed by atoms with Crippen molar-refractivity contribution in [3.63, 3.8) is 0 Å². The van der Waals surface area contributed by atoms with Gasteiger partial charge in [0.15, 0.2) is 0 Å². The lowest BCUT2D eigenvalue weighted by Gasteiger charge is -2.12. The quantitative estimate of drug-likeness (QED) is 0.936. The molecule has 19 heavy (non-hydrogen) atoms. The molecule has 0 spiro atoms. The number of aliphatic hydroxyl groups is 1. The number of rotatable bonds is 4. The smallest absolute Gasteiger partial charge is 0.216 e. The fourth-order valence-electron chi connectivity index (χ4n) is 1.67. The van der Waals surface area contributed by atoms with Crippen molar-refractivity contribution in [1.29, 1.82) is 0 Å². The summed E-state index contributed by atoms with van der Waals surface area (Å²) in [6, 6.07) is 5.89. The summed E-state index contributed by atoms with van der Waals surface area (Å²) in [5.74, 6) is -0.115. The highest BCUT2D eigenvalue weighted by Crippen LogP contribution is 2.25. The van der Waals surface area contributed by atoms with Crippen molar-refractivity contribution in [2.24, 2.45) is 0 Å². The zero-order chi connectivity index (χ0) is 13.8. The summed E-state index contributed by atoms with van der Waals surface area (Å²) in [4.78, 5) is 7.77. The first-order valence-electron chi connectivity index (χ1n) is 5.58. The van der Waals surface area contributed by atoms with Crippen molar-refractivity contribution >= 4 is 11.6 Å². The van der Waals surface area contributed by atoms with E-state index in [-0.39, 0.29) is 17.0 Å². The number of aromatic nitrogens is 2. The molecule has 0 saturated carbocycles. The van der Waals surface area contributed by atoms with E-state index in [9.17, 15) is 9.50 Å². The third-order valence-corrected chi connectivity index (χ3v) is 3.03. The lowest BCUT2D eigenvalue weighted by Crippen LogP contribution is -2.07. The van der Waals surface area contributed by atoms with E-state index in [1.807, 2.05) is 0 Å². The van der Waals surface area contributed by atoms with Crippen LogP contribution in [0.1, 0.15) is 17.4 Å². The van der Waals surface area contributed by atoms with Crippen molar-refractivity contribution in [3.05, 3.63) is 52.7 Å². The summed E-state index contributed by atoms with van der Waals surface area (Å²) in [6.45, 7) is 0. The van der Waals surface area contributed by atoms with Crippen molar-refractivity contribution < 1.29 is 14.2 Å². The molecular formula is C13H12ClFN2O2. The second kappa shape index (κ2) is 5.95. The molecule has 0 aliphatic carbocycles. The van der Waals surface area contributed by atoms with E-state index in [1.54, 1.807) is 6.07 Å². The van der Waals surface area contributed by atoms with Crippen LogP contribution in [0.25, 0.3) is 0 Å². The Morgan fingerprint density at radius 2 is 2.21 bits per heavy atom. The molecule has 0 saturated heterocycles. The maximum Gasteiger partial charge on any atom is 0.216 e. The topological polar surface area (TPSA) is 55.2 Å². The zero-order valence-corrected chi connectivity index (χ0v) is 10.9. The first-order chi connectivity index (χ1) is 9.11. The van der Waals surface area contributed by atoms with Gasteiger partial charge in [0.1, 0.15) is 18.2 Å². The maximum atomic E-state index is 13.6. The van der Waals surface area contributed by atoms with Crippen molar-refractivity contribution in [2.45, 2.75) is 12.5 Å². The van der Waals surface area contributed by atoms with Gasteiger partial charge in [-0.25, -0.2) is 14.4 Å². The summed E-state index contributed by atoms with van der Waals surface area (Å²) in [7, 11) is 1.46. The van der Waals surface area contributed by atoms with Crippen LogP contribution in [0.15, 0.2) is 30.6 Å². The summed E-state index contributed by atoms with van der Waals surface area (Å²) >= 11 is 5.91. The minimum atomic E-state index is -0.980. The van der Waals surface area contributed by atoms with Crippen molar-refractivity contribution in [2.75, 3.05) is 7.11 Å². The maximum absolute atomic E-state index is 13.6. The molecule has 1 heterocycles. The third-order valence-electron chi connectivity index (χ3n) is 2.67. The Labute approximate surface area is 114 Å². The van der Waals surface area contributed by atoms with Crippen LogP contribution < -0.4 is 4.74 Å². The molecule has 6 heteroatoms. The molecule has 1 atom stereocenters. The number of hydrogen-bond acceptors (Lipinski definition) is 4. The minimum Gasteiger partial charge on any atom is -0.481 e. The fourth-order valence-corrected chi connectivity index (χ4v) is 1.91. The van der Waals surface area contributed by atoms with Gasteiger partial charge in [-0.2, -0.15) is 0 Å². The zero-order valence-electron chi connectivity index (χ0n) is 10.2. The Kier molecular flexibility index (Phi) is 4.29. The van der Waals surface area contributed by atoms with E-state index in [2.05, 4.69) is 9.97 Å². The van der Waals surface area contributed by atoms with E-state index in [4.69, 9.17) is 16.3 Å². The molecule has 100 valence electrons. The van der Waals surface area contributed by atoms with Gasteiger partial charge in [-0.15, -0.1) is 0 Å². The number of benzene rings is 1. The number of aliphatic hydroxyl groups excluding tert-OH is 1. The van der Waals surface area contributed by atoms with Crippen LogP contribution in [0.4, 0.5) is 4.39 Å². The highest BCUT2D eigenvalue weighted by atomic mass is 35.5. The predicted octanol–water partition coefficient (Wildman–Crippen LogP) is 2.55. The average molecular weight is 283 g/mol. The van der Waals surface area contributed by atoms with Crippen LogP contribution in [-0.2, 0) is 6.42 Å². The Morgan fingerprint density at radius 1 is 1.42 bits per heavy atom. The van der Waals surface area contributed by atoms with Gasteiger partial charge in [-0.3, -0.25) is 0 Å². The molecular weight excluding hydrogens is 271 g/mol. The summed E-state index contributed by atoms with van der Waals surface area (Å²) in [5.41, 5.74) is 0.611. The van der Waals surface area contributed by atoms with Gasteiger partial charge in [-0.1, -0.05) is 17.7 Å². The van der Waals surface area contributed by atoms with Gasteiger partial charge in [0, 0.05) is 23.1 Å². The summed E-state index contributed by atoms with van der Waals surface area (Å²) < 4.78 is 18.6. The van der Waals surface area contributed by atoms with Gasteiger partial charge in [0.25, 0.3) is 0 Å². The van der Waals surface area contributed by atoms with Crippen LogP contribution in [0.5, 0.6) is 5.88 Å². The second-order valence-corrected chi connectivity index (χ2v) is 4.31. The summed E-state index contributed by atoms with van der Waals surface area (Å²) in [5, 5.41) is 10.3. The van der Waals surface area contributed by atoms with E-state index >= 15 is 0 Å². The van der Waals surface area contributed by atoms with Gasteiger partial charge in [0.05, 0.1) is 12.8 Å². The van der Waals surface area contributed by atoms with Crippen LogP contribution in [-0.4, -0.2) is 22.2 Å². The lowest BCUT2D eigenvalue weighted by atomic mass is 10.0. The Morgan fingerprint density at radius 3 is 2.89 bits per heavy atom. The fraction of sp³-hybridized carbons (Fsp3) is 0.231. The monoisotopic (exact) mass is 282 g/mol. The molecule has 1 unspecified atom stereocenters. The molecule has 1 aromatic heterocycles. The molecule has 0 amide bonds. The number of methoxy groups -OCH3 is 1.